The van der Waals surface area contributed by atoms with Gasteiger partial charge in [0, 0.05) is 25.0 Å². The number of benzene rings is 2. The lowest BCUT2D eigenvalue weighted by Crippen LogP contribution is -2.52. The minimum Gasteiger partial charge on any atom is -0.497 e. The van der Waals surface area contributed by atoms with E-state index in [4.69, 9.17) is 9.47 Å². The third-order valence-corrected chi connectivity index (χ3v) is 6.86. The van der Waals surface area contributed by atoms with Crippen molar-refractivity contribution in [3.8, 4) is 11.5 Å². The molecule has 0 aliphatic heterocycles. The van der Waals surface area contributed by atoms with Crippen molar-refractivity contribution in [3.05, 3.63) is 54.1 Å². The third kappa shape index (κ3) is 9.27. The Labute approximate surface area is 220 Å². The van der Waals surface area contributed by atoms with Crippen molar-refractivity contribution in [3.63, 3.8) is 0 Å². The first kappa shape index (κ1) is 30.0. The Morgan fingerprint density at radius 2 is 1.62 bits per heavy atom. The number of hydrogen-bond acceptors (Lipinski definition) is 6. The van der Waals surface area contributed by atoms with Gasteiger partial charge in [-0.15, -0.1) is 0 Å². The number of methoxy groups -OCH3 is 2. The molecule has 0 saturated carbocycles. The fourth-order valence-electron chi connectivity index (χ4n) is 3.78. The van der Waals surface area contributed by atoms with Crippen LogP contribution in [0.3, 0.4) is 0 Å². The second-order valence-corrected chi connectivity index (χ2v) is 11.8. The molecule has 2 aromatic rings. The van der Waals surface area contributed by atoms with Crippen LogP contribution in [0.25, 0.3) is 0 Å². The topological polar surface area (TPSA) is 105 Å². The quantitative estimate of drug-likeness (QED) is 0.447. The molecule has 204 valence electrons. The number of hydrogen-bond donors (Lipinski definition) is 1. The van der Waals surface area contributed by atoms with Gasteiger partial charge in [-0.25, -0.2) is 8.42 Å². The second kappa shape index (κ2) is 12.8. The minimum atomic E-state index is -3.57. The average Bonchev–Trinajstić information content (AvgIpc) is 2.83. The van der Waals surface area contributed by atoms with Crippen molar-refractivity contribution in [2.75, 3.05) is 31.3 Å². The summed E-state index contributed by atoms with van der Waals surface area (Å²) in [6.07, 6.45) is 1.48. The normalized spacial score (nSPS) is 12.4. The Balaban J connectivity index is 2.20. The van der Waals surface area contributed by atoms with Gasteiger partial charge in [-0.3, -0.25) is 13.9 Å². The summed E-state index contributed by atoms with van der Waals surface area (Å²) in [5.74, 6) is 0.755. The van der Waals surface area contributed by atoms with Crippen molar-refractivity contribution < 1.29 is 27.5 Å². The zero-order valence-electron chi connectivity index (χ0n) is 22.8. The lowest BCUT2D eigenvalue weighted by atomic mass is 10.1. The van der Waals surface area contributed by atoms with Crippen molar-refractivity contribution >= 4 is 27.5 Å². The molecule has 0 aromatic heterocycles. The highest BCUT2D eigenvalue weighted by atomic mass is 32.2. The van der Waals surface area contributed by atoms with Crippen LogP contribution in [0.1, 0.15) is 46.1 Å². The summed E-state index contributed by atoms with van der Waals surface area (Å²) in [5, 5.41) is 2.93. The van der Waals surface area contributed by atoms with Crippen LogP contribution in [0, 0.1) is 0 Å². The Hall–Kier alpha value is -3.27. The van der Waals surface area contributed by atoms with Crippen molar-refractivity contribution in [1.29, 1.82) is 0 Å². The molecule has 1 N–H and O–H groups in total. The molecule has 0 aliphatic carbocycles. The third-order valence-electron chi connectivity index (χ3n) is 5.67. The molecule has 0 saturated heterocycles. The summed E-state index contributed by atoms with van der Waals surface area (Å²) < 4.78 is 36.6. The number of carbonyl (C=O) groups excluding carboxylic acids is 2. The van der Waals surface area contributed by atoms with Gasteiger partial charge in [0.15, 0.2) is 0 Å². The number of carbonyl (C=O) groups is 2. The van der Waals surface area contributed by atoms with Gasteiger partial charge >= 0.3 is 0 Å². The van der Waals surface area contributed by atoms with E-state index in [0.29, 0.717) is 17.2 Å². The average molecular weight is 534 g/mol. The first-order valence-electron chi connectivity index (χ1n) is 12.1. The Morgan fingerprint density at radius 1 is 1.00 bits per heavy atom. The first-order valence-corrected chi connectivity index (χ1v) is 14.0. The number of nitrogens with zero attached hydrogens (tertiary/aromatic N) is 2. The fourth-order valence-corrected chi connectivity index (χ4v) is 4.74. The lowest BCUT2D eigenvalue weighted by Gasteiger charge is -2.32. The van der Waals surface area contributed by atoms with Gasteiger partial charge in [0.25, 0.3) is 0 Å². The number of rotatable bonds is 12. The van der Waals surface area contributed by atoms with Gasteiger partial charge in [0.05, 0.1) is 26.2 Å². The minimum absolute atomic E-state index is 0.0687. The molecule has 2 amide bonds. The fraction of sp³-hybridized carbons (Fsp3) is 0.481. The monoisotopic (exact) mass is 533 g/mol. The SMILES string of the molecule is COc1ccc(N(CCCC(=O)N(Cc2cccc(OC)c2)C(C)C(=O)NC(C)(C)C)S(C)(=O)=O)cc1. The van der Waals surface area contributed by atoms with Gasteiger partial charge in [-0.2, -0.15) is 0 Å². The Morgan fingerprint density at radius 3 is 2.16 bits per heavy atom. The Kier molecular flexibility index (Phi) is 10.4. The zero-order valence-corrected chi connectivity index (χ0v) is 23.6. The van der Waals surface area contributed by atoms with Crippen LogP contribution in [-0.4, -0.2) is 63.7 Å². The second-order valence-electron chi connectivity index (χ2n) is 9.93. The molecular formula is C27H39N3O6S. The van der Waals surface area contributed by atoms with E-state index in [1.807, 2.05) is 45.0 Å². The van der Waals surface area contributed by atoms with E-state index in [1.165, 1.54) is 16.3 Å². The molecule has 10 heteroatoms. The Bertz CT molecular complexity index is 1160. The van der Waals surface area contributed by atoms with Crippen LogP contribution in [0.2, 0.25) is 0 Å². The summed E-state index contributed by atoms with van der Waals surface area (Å²) in [6, 6.07) is 13.3. The molecule has 0 radical (unpaired) electrons. The van der Waals surface area contributed by atoms with Crippen LogP contribution in [0.4, 0.5) is 5.69 Å². The van der Waals surface area contributed by atoms with E-state index in [2.05, 4.69) is 5.32 Å². The molecule has 0 heterocycles. The first-order chi connectivity index (χ1) is 17.2. The highest BCUT2D eigenvalue weighted by molar-refractivity contribution is 7.92. The molecule has 37 heavy (non-hydrogen) atoms. The van der Waals surface area contributed by atoms with Gasteiger partial charge in [-0.05, 0) is 76.1 Å². The zero-order chi connectivity index (χ0) is 27.8. The summed E-state index contributed by atoms with van der Waals surface area (Å²) in [5.41, 5.74) is 0.853. The summed E-state index contributed by atoms with van der Waals surface area (Å²) in [7, 11) is -0.469. The van der Waals surface area contributed by atoms with Gasteiger partial charge in [0.1, 0.15) is 17.5 Å². The highest BCUT2D eigenvalue weighted by Gasteiger charge is 2.28. The molecule has 0 spiro atoms. The van der Waals surface area contributed by atoms with E-state index in [1.54, 1.807) is 38.3 Å². The van der Waals surface area contributed by atoms with Gasteiger partial charge in [-0.1, -0.05) is 12.1 Å². The van der Waals surface area contributed by atoms with Crippen LogP contribution >= 0.6 is 0 Å². The van der Waals surface area contributed by atoms with E-state index in [-0.39, 0.29) is 37.7 Å². The van der Waals surface area contributed by atoms with Crippen LogP contribution in [0.15, 0.2) is 48.5 Å². The number of amides is 2. The largest absolute Gasteiger partial charge is 0.497 e. The van der Waals surface area contributed by atoms with E-state index >= 15 is 0 Å². The molecule has 0 fully saturated rings. The van der Waals surface area contributed by atoms with E-state index < -0.39 is 21.6 Å². The predicted octanol–water partition coefficient (Wildman–Crippen LogP) is 3.58. The summed E-state index contributed by atoms with van der Waals surface area (Å²) >= 11 is 0. The molecule has 1 atom stereocenters. The maximum atomic E-state index is 13.4. The number of sulfonamides is 1. The van der Waals surface area contributed by atoms with E-state index in [0.717, 1.165) is 11.8 Å². The van der Waals surface area contributed by atoms with Crippen molar-refractivity contribution in [2.24, 2.45) is 0 Å². The van der Waals surface area contributed by atoms with Gasteiger partial charge < -0.3 is 19.7 Å². The summed E-state index contributed by atoms with van der Waals surface area (Å²) in [4.78, 5) is 27.9. The predicted molar refractivity (Wildman–Crippen MR) is 145 cm³/mol. The molecule has 0 aliphatic rings. The summed E-state index contributed by atoms with van der Waals surface area (Å²) in [6.45, 7) is 7.66. The van der Waals surface area contributed by atoms with Crippen LogP contribution in [-0.2, 0) is 26.2 Å². The number of anilines is 1. The van der Waals surface area contributed by atoms with Crippen molar-refractivity contribution in [1.82, 2.24) is 10.2 Å². The number of ether oxygens (including phenoxy) is 2. The molecule has 1 unspecified atom stereocenters. The van der Waals surface area contributed by atoms with Crippen molar-refractivity contribution in [2.45, 2.75) is 58.7 Å². The standard InChI is InChI=1S/C27H39N3O6S/c1-20(26(32)28-27(2,3)4)29(19-21-10-8-11-24(18-21)36-6)25(31)12-9-17-30(37(7,33)34)22-13-15-23(35-5)16-14-22/h8,10-11,13-16,18,20H,9,12,17,19H2,1-7H3,(H,28,32). The highest BCUT2D eigenvalue weighted by Crippen LogP contribution is 2.23. The smallest absolute Gasteiger partial charge is 0.242 e. The van der Waals surface area contributed by atoms with Crippen LogP contribution in [0.5, 0.6) is 11.5 Å². The molecule has 0 bridgehead atoms. The van der Waals surface area contributed by atoms with Gasteiger partial charge in [0.2, 0.25) is 21.8 Å². The molecular weight excluding hydrogens is 494 g/mol. The molecule has 2 aromatic carbocycles. The maximum absolute atomic E-state index is 13.4. The van der Waals surface area contributed by atoms with E-state index in [9.17, 15) is 18.0 Å². The van der Waals surface area contributed by atoms with Crippen LogP contribution < -0.4 is 19.1 Å². The molecule has 2 rings (SSSR count). The number of nitrogens with one attached hydrogen (secondary N) is 1. The molecule has 9 nitrogen and oxygen atoms in total. The maximum Gasteiger partial charge on any atom is 0.242 e. The lowest BCUT2D eigenvalue weighted by molar-refractivity contribution is -0.141.